The Bertz CT molecular complexity index is 1200. The highest BCUT2D eigenvalue weighted by Crippen LogP contribution is 2.65. The van der Waals surface area contributed by atoms with Gasteiger partial charge in [-0.2, -0.15) is 0 Å². The van der Waals surface area contributed by atoms with Crippen LogP contribution in [0, 0.1) is 35.5 Å². The van der Waals surface area contributed by atoms with E-state index in [9.17, 15) is 19.2 Å². The third-order valence-electron chi connectivity index (χ3n) is 7.53. The average Bonchev–Trinajstić information content (AvgIpc) is 3.61. The lowest BCUT2D eigenvalue weighted by molar-refractivity contribution is -0.124. The van der Waals surface area contributed by atoms with Crippen LogP contribution in [0.1, 0.15) is 27.1 Å². The predicted molar refractivity (Wildman–Crippen MR) is 122 cm³/mol. The van der Waals surface area contributed by atoms with Crippen LogP contribution in [0.5, 0.6) is 0 Å². The second kappa shape index (κ2) is 7.48. The zero-order valence-corrected chi connectivity index (χ0v) is 19.1. The number of para-hydroxylation sites is 1. The number of hydrogen-bond donors (Lipinski definition) is 0. The van der Waals surface area contributed by atoms with Gasteiger partial charge >= 0.3 is 5.97 Å². The largest absolute Gasteiger partial charge is 0.454 e. The molecule has 0 unspecified atom stereocenters. The fourth-order valence-corrected chi connectivity index (χ4v) is 6.23. The zero-order valence-electron chi connectivity index (χ0n) is 17.5. The summed E-state index contributed by atoms with van der Waals surface area (Å²) in [4.78, 5) is 53.3. The maximum Gasteiger partial charge on any atom is 0.340 e. The van der Waals surface area contributed by atoms with E-state index in [1.807, 2.05) is 0 Å². The minimum absolute atomic E-state index is 0.104. The summed E-state index contributed by atoms with van der Waals surface area (Å²) >= 11 is 3.32. The summed E-state index contributed by atoms with van der Waals surface area (Å²) in [7, 11) is 0. The molecule has 2 amide bonds. The first-order chi connectivity index (χ1) is 16.0. The van der Waals surface area contributed by atoms with Crippen molar-refractivity contribution in [1.29, 1.82) is 0 Å². The Labute approximate surface area is 198 Å². The molecule has 7 rings (SSSR count). The molecule has 0 aromatic heterocycles. The van der Waals surface area contributed by atoms with Crippen LogP contribution in [0.3, 0.4) is 0 Å². The van der Waals surface area contributed by atoms with Gasteiger partial charge in [0.05, 0.1) is 23.1 Å². The quantitative estimate of drug-likeness (QED) is 0.265. The molecule has 1 heterocycles. The summed E-state index contributed by atoms with van der Waals surface area (Å²) < 4.78 is 6.12. The molecule has 5 aliphatic rings. The Hall–Kier alpha value is -3.06. The molecule has 0 radical (unpaired) electrons. The number of esters is 1. The average molecular weight is 506 g/mol. The van der Waals surface area contributed by atoms with Crippen molar-refractivity contribution >= 4 is 45.2 Å². The first-order valence-corrected chi connectivity index (χ1v) is 11.9. The fraction of sp³-hybridized carbons (Fsp3) is 0.308. The number of imide groups is 1. The molecule has 6 atom stereocenters. The molecule has 3 fully saturated rings. The van der Waals surface area contributed by atoms with E-state index < -0.39 is 12.6 Å². The number of Topliss-reactive ketones (excluding diaryl/α,β-unsaturated/α-hetero) is 1. The Morgan fingerprint density at radius 1 is 0.909 bits per heavy atom. The van der Waals surface area contributed by atoms with Gasteiger partial charge in [-0.25, -0.2) is 9.69 Å². The number of amides is 2. The monoisotopic (exact) mass is 505 g/mol. The van der Waals surface area contributed by atoms with Gasteiger partial charge in [-0.05, 0) is 54.4 Å². The lowest BCUT2D eigenvalue weighted by Gasteiger charge is -2.37. The maximum absolute atomic E-state index is 13.4. The van der Waals surface area contributed by atoms with Crippen molar-refractivity contribution in [2.45, 2.75) is 6.42 Å². The third kappa shape index (κ3) is 3.13. The van der Waals surface area contributed by atoms with Crippen molar-refractivity contribution in [1.82, 2.24) is 0 Å². The number of nitrogens with zero attached hydrogens (tertiary/aromatic N) is 1. The number of rotatable bonds is 5. The second-order valence-electron chi connectivity index (χ2n) is 9.19. The van der Waals surface area contributed by atoms with Crippen LogP contribution in [0.25, 0.3) is 0 Å². The highest BCUT2D eigenvalue weighted by atomic mass is 79.9. The van der Waals surface area contributed by atoms with Gasteiger partial charge in [0.25, 0.3) is 0 Å². The van der Waals surface area contributed by atoms with Crippen LogP contribution in [-0.4, -0.2) is 30.2 Å². The minimum atomic E-state index is -0.740. The highest BCUT2D eigenvalue weighted by molar-refractivity contribution is 9.10. The Morgan fingerprint density at radius 3 is 2.15 bits per heavy atom. The zero-order chi connectivity index (χ0) is 22.9. The lowest BCUT2D eigenvalue weighted by atomic mass is 9.63. The molecule has 166 valence electrons. The van der Waals surface area contributed by atoms with Crippen molar-refractivity contribution in [3.8, 4) is 0 Å². The third-order valence-corrected chi connectivity index (χ3v) is 8.06. The number of allylic oxidation sites excluding steroid dienone is 2. The molecule has 6 nitrogen and oxygen atoms in total. The number of anilines is 1. The van der Waals surface area contributed by atoms with Crippen molar-refractivity contribution < 1.29 is 23.9 Å². The van der Waals surface area contributed by atoms with Crippen molar-refractivity contribution in [2.75, 3.05) is 11.5 Å². The number of carbonyl (C=O) groups is 4. The van der Waals surface area contributed by atoms with Crippen LogP contribution < -0.4 is 4.90 Å². The van der Waals surface area contributed by atoms with Gasteiger partial charge in [0, 0.05) is 10.0 Å². The van der Waals surface area contributed by atoms with Gasteiger partial charge in [0.1, 0.15) is 0 Å². The van der Waals surface area contributed by atoms with Gasteiger partial charge in [0.15, 0.2) is 12.4 Å². The maximum atomic E-state index is 13.4. The number of carbonyl (C=O) groups excluding carboxylic acids is 4. The summed E-state index contributed by atoms with van der Waals surface area (Å²) in [6, 6.07) is 13.2. The summed E-state index contributed by atoms with van der Waals surface area (Å²) in [5.41, 5.74) is 0.762. The topological polar surface area (TPSA) is 80.8 Å². The molecule has 7 heteroatoms. The molecule has 33 heavy (non-hydrogen) atoms. The Balaban J connectivity index is 1.24. The minimum Gasteiger partial charge on any atom is -0.454 e. The predicted octanol–water partition coefficient (Wildman–Crippen LogP) is 4.05. The van der Waals surface area contributed by atoms with E-state index in [0.29, 0.717) is 17.4 Å². The number of ether oxygens (including phenoxy) is 1. The molecule has 4 aliphatic carbocycles. The SMILES string of the molecule is O=C(COC(=O)c1ccccc1N1C(=O)[C@@H]2[C@H]3C=C[C@@H]([C@@H]4C[C@H]34)[C@@H]2C1=O)c1ccc(Br)cc1. The molecule has 2 aromatic carbocycles. The summed E-state index contributed by atoms with van der Waals surface area (Å²) in [6.45, 7) is -0.431. The fourth-order valence-electron chi connectivity index (χ4n) is 5.96. The van der Waals surface area contributed by atoms with Crippen LogP contribution in [0.15, 0.2) is 65.2 Å². The molecule has 2 saturated carbocycles. The molecule has 0 N–H and O–H groups in total. The van der Waals surface area contributed by atoms with E-state index in [0.717, 1.165) is 10.9 Å². The Kier molecular flexibility index (Phi) is 4.66. The van der Waals surface area contributed by atoms with Gasteiger partial charge in [-0.15, -0.1) is 0 Å². The van der Waals surface area contributed by atoms with Gasteiger partial charge in [0.2, 0.25) is 11.8 Å². The smallest absolute Gasteiger partial charge is 0.340 e. The van der Waals surface area contributed by atoms with Crippen LogP contribution in [-0.2, 0) is 14.3 Å². The van der Waals surface area contributed by atoms with Crippen LogP contribution in [0.2, 0.25) is 0 Å². The molecule has 0 spiro atoms. The normalized spacial score (nSPS) is 30.8. The van der Waals surface area contributed by atoms with E-state index >= 15 is 0 Å². The summed E-state index contributed by atoms with van der Waals surface area (Å²) in [5, 5.41) is 0. The molecule has 2 bridgehead atoms. The van der Waals surface area contributed by atoms with Crippen molar-refractivity contribution in [3.63, 3.8) is 0 Å². The number of benzene rings is 2. The molecule has 2 aromatic rings. The van der Waals surface area contributed by atoms with E-state index in [-0.39, 0.29) is 52.5 Å². The van der Waals surface area contributed by atoms with Gasteiger partial charge in [-0.1, -0.05) is 52.3 Å². The van der Waals surface area contributed by atoms with Crippen molar-refractivity contribution in [2.24, 2.45) is 35.5 Å². The highest BCUT2D eigenvalue weighted by Gasteiger charge is 2.67. The number of halogens is 1. The first kappa shape index (κ1) is 20.5. The van der Waals surface area contributed by atoms with E-state index in [4.69, 9.17) is 4.74 Å². The summed E-state index contributed by atoms with van der Waals surface area (Å²) in [6.07, 6.45) is 5.32. The number of ketones is 1. The van der Waals surface area contributed by atoms with Crippen LogP contribution >= 0.6 is 15.9 Å². The van der Waals surface area contributed by atoms with Gasteiger partial charge < -0.3 is 4.74 Å². The standard InChI is InChI=1S/C26H20BrNO5/c27-14-7-5-13(6-8-14)21(29)12-33-26(32)17-3-1-2-4-20(17)28-24(30)22-15-9-10-16(19-11-18(15)19)23(22)25(28)31/h1-10,15-16,18-19,22-23H,11-12H2/t15-,16-,18-,19+,22-,23+/m0/s1. The summed E-state index contributed by atoms with van der Waals surface area (Å²) in [5.74, 6) is -1.03. The lowest BCUT2D eigenvalue weighted by Crippen LogP contribution is -2.40. The molecular formula is C26H20BrNO5. The first-order valence-electron chi connectivity index (χ1n) is 11.1. The van der Waals surface area contributed by atoms with Crippen molar-refractivity contribution in [3.05, 3.63) is 76.3 Å². The Morgan fingerprint density at radius 2 is 1.52 bits per heavy atom. The van der Waals surface area contributed by atoms with E-state index in [1.54, 1.807) is 42.5 Å². The van der Waals surface area contributed by atoms with Gasteiger partial charge in [-0.3, -0.25) is 14.4 Å². The molecule has 1 saturated heterocycles. The number of hydrogen-bond acceptors (Lipinski definition) is 5. The molecule has 1 aliphatic heterocycles. The van der Waals surface area contributed by atoms with E-state index in [2.05, 4.69) is 28.1 Å². The van der Waals surface area contributed by atoms with Crippen LogP contribution in [0.4, 0.5) is 5.69 Å². The van der Waals surface area contributed by atoms with E-state index in [1.165, 1.54) is 11.0 Å². The second-order valence-corrected chi connectivity index (χ2v) is 10.1. The molecular weight excluding hydrogens is 486 g/mol.